The Bertz CT molecular complexity index is 1110. The van der Waals surface area contributed by atoms with Gasteiger partial charge in [0.1, 0.15) is 5.82 Å². The van der Waals surface area contributed by atoms with Gasteiger partial charge in [0.25, 0.3) is 5.91 Å². The van der Waals surface area contributed by atoms with Crippen LogP contribution < -0.4 is 5.32 Å². The first-order valence-electron chi connectivity index (χ1n) is 10.5. The molecule has 1 atom stereocenters. The Morgan fingerprint density at radius 2 is 1.48 bits per heavy atom. The summed E-state index contributed by atoms with van der Waals surface area (Å²) in [7, 11) is 0. The van der Waals surface area contributed by atoms with Gasteiger partial charge in [-0.1, -0.05) is 30.3 Å². The summed E-state index contributed by atoms with van der Waals surface area (Å²) in [5.41, 5.74) is 0.752. The number of aryl methyl sites for hydroxylation is 3. The highest BCUT2D eigenvalue weighted by atomic mass is 19.4. The molecule has 0 heterocycles. The van der Waals surface area contributed by atoms with E-state index in [1.54, 1.807) is 12.1 Å². The summed E-state index contributed by atoms with van der Waals surface area (Å²) in [5, 5.41) is 14.1. The molecule has 3 rings (SSSR count). The molecular formula is C26H25F4NO2. The number of anilines is 1. The lowest BCUT2D eigenvalue weighted by Crippen LogP contribution is -2.40. The van der Waals surface area contributed by atoms with Gasteiger partial charge in [-0.15, -0.1) is 0 Å². The molecule has 174 valence electrons. The fourth-order valence-corrected chi connectivity index (χ4v) is 3.58. The van der Waals surface area contributed by atoms with E-state index >= 15 is 0 Å². The summed E-state index contributed by atoms with van der Waals surface area (Å²) in [6.07, 6.45) is -3.73. The van der Waals surface area contributed by atoms with Crippen molar-refractivity contribution in [3.8, 4) is 0 Å². The molecule has 0 aliphatic rings. The van der Waals surface area contributed by atoms with Gasteiger partial charge < -0.3 is 10.4 Å². The fraction of sp³-hybridized carbons (Fsp3) is 0.269. The largest absolute Gasteiger partial charge is 0.416 e. The fourth-order valence-electron chi connectivity index (χ4n) is 3.58. The molecule has 3 nitrogen and oxygen atoms in total. The minimum Gasteiger partial charge on any atom is -0.375 e. The van der Waals surface area contributed by atoms with Gasteiger partial charge in [-0.25, -0.2) is 4.39 Å². The molecule has 0 bridgehead atoms. The van der Waals surface area contributed by atoms with Crippen LogP contribution in [-0.2, 0) is 23.0 Å². The molecule has 33 heavy (non-hydrogen) atoms. The molecule has 0 saturated carbocycles. The zero-order chi connectivity index (χ0) is 24.2. The van der Waals surface area contributed by atoms with Gasteiger partial charge in [0.2, 0.25) is 0 Å². The molecular weight excluding hydrogens is 434 g/mol. The van der Waals surface area contributed by atoms with Gasteiger partial charge >= 0.3 is 6.18 Å². The highest BCUT2D eigenvalue weighted by Crippen LogP contribution is 2.31. The van der Waals surface area contributed by atoms with E-state index < -0.39 is 29.1 Å². The number of benzene rings is 3. The number of aliphatic hydroxyl groups is 1. The van der Waals surface area contributed by atoms with Crippen molar-refractivity contribution >= 4 is 11.6 Å². The van der Waals surface area contributed by atoms with Gasteiger partial charge in [-0.2, -0.15) is 13.2 Å². The van der Waals surface area contributed by atoms with E-state index in [9.17, 15) is 27.5 Å². The number of amides is 1. The monoisotopic (exact) mass is 459 g/mol. The molecule has 0 fully saturated rings. The SMILES string of the molecule is Cc1ccc(NC(=O)[C@](O)(CCCc2ccc(C(F)(F)F)cc2)c2ccc(F)cc2)cc1C. The average Bonchev–Trinajstić information content (AvgIpc) is 2.76. The molecule has 0 saturated heterocycles. The van der Waals surface area contributed by atoms with E-state index in [0.29, 0.717) is 24.1 Å². The van der Waals surface area contributed by atoms with E-state index in [-0.39, 0.29) is 12.0 Å². The van der Waals surface area contributed by atoms with Crippen LogP contribution in [0.1, 0.15) is 40.7 Å². The topological polar surface area (TPSA) is 49.3 Å². The van der Waals surface area contributed by atoms with Crippen molar-refractivity contribution in [2.24, 2.45) is 0 Å². The Balaban J connectivity index is 1.78. The van der Waals surface area contributed by atoms with E-state index in [0.717, 1.165) is 23.3 Å². The Labute approximate surface area is 190 Å². The predicted molar refractivity (Wildman–Crippen MR) is 119 cm³/mol. The number of hydrogen-bond acceptors (Lipinski definition) is 2. The average molecular weight is 459 g/mol. The summed E-state index contributed by atoms with van der Waals surface area (Å²) in [6.45, 7) is 3.85. The smallest absolute Gasteiger partial charge is 0.375 e. The zero-order valence-electron chi connectivity index (χ0n) is 18.3. The third-order valence-corrected chi connectivity index (χ3v) is 5.75. The minimum atomic E-state index is -4.41. The van der Waals surface area contributed by atoms with Crippen molar-refractivity contribution in [2.45, 2.75) is 44.9 Å². The number of alkyl halides is 3. The number of carbonyl (C=O) groups is 1. The molecule has 1 amide bonds. The van der Waals surface area contributed by atoms with Gasteiger partial charge in [0.05, 0.1) is 5.56 Å². The normalized spacial score (nSPS) is 13.4. The van der Waals surface area contributed by atoms with Crippen molar-refractivity contribution in [1.29, 1.82) is 0 Å². The van der Waals surface area contributed by atoms with E-state index in [1.807, 2.05) is 19.9 Å². The quantitative estimate of drug-likeness (QED) is 0.407. The predicted octanol–water partition coefficient (Wildman–Crippen LogP) is 6.31. The third kappa shape index (κ3) is 5.99. The van der Waals surface area contributed by atoms with Gasteiger partial charge in [0.15, 0.2) is 5.60 Å². The van der Waals surface area contributed by atoms with Crippen molar-refractivity contribution in [2.75, 3.05) is 5.32 Å². The first-order chi connectivity index (χ1) is 15.5. The second-order valence-corrected chi connectivity index (χ2v) is 8.17. The molecule has 3 aromatic rings. The van der Waals surface area contributed by atoms with Crippen molar-refractivity contribution < 1.29 is 27.5 Å². The number of nitrogens with one attached hydrogen (secondary N) is 1. The minimum absolute atomic E-state index is 0.00364. The van der Waals surface area contributed by atoms with Crippen LogP contribution in [-0.4, -0.2) is 11.0 Å². The van der Waals surface area contributed by atoms with Crippen molar-refractivity contribution in [1.82, 2.24) is 0 Å². The van der Waals surface area contributed by atoms with E-state index in [4.69, 9.17) is 0 Å². The van der Waals surface area contributed by atoms with Crippen LogP contribution in [0, 0.1) is 19.7 Å². The van der Waals surface area contributed by atoms with E-state index in [1.165, 1.54) is 36.4 Å². The molecule has 0 radical (unpaired) electrons. The lowest BCUT2D eigenvalue weighted by atomic mass is 9.86. The standard InChI is InChI=1S/C26H25F4NO2/c1-17-5-14-23(16-18(17)2)31-24(32)25(33,20-10-12-22(27)13-11-20)15-3-4-19-6-8-21(9-7-19)26(28,29)30/h5-14,16,33H,3-4,15H2,1-2H3,(H,31,32)/t25-/m0/s1. The molecule has 0 aliphatic carbocycles. The van der Waals surface area contributed by atoms with Gasteiger partial charge in [-0.05, 0) is 91.8 Å². The summed E-state index contributed by atoms with van der Waals surface area (Å²) in [4.78, 5) is 13.1. The Hall–Kier alpha value is -3.19. The Kier molecular flexibility index (Phi) is 7.22. The van der Waals surface area contributed by atoms with Crippen LogP contribution in [0.4, 0.5) is 23.2 Å². The number of halogens is 4. The molecule has 0 aromatic heterocycles. The number of rotatable bonds is 7. The van der Waals surface area contributed by atoms with Crippen molar-refractivity contribution in [3.05, 3.63) is 100 Å². The number of carbonyl (C=O) groups excluding carboxylic acids is 1. The molecule has 3 aromatic carbocycles. The summed E-state index contributed by atoms with van der Waals surface area (Å²) in [6, 6.07) is 15.2. The second kappa shape index (κ2) is 9.75. The molecule has 7 heteroatoms. The third-order valence-electron chi connectivity index (χ3n) is 5.75. The zero-order valence-corrected chi connectivity index (χ0v) is 18.3. The van der Waals surface area contributed by atoms with Crippen LogP contribution in [0.3, 0.4) is 0 Å². The van der Waals surface area contributed by atoms with Crippen LogP contribution >= 0.6 is 0 Å². The second-order valence-electron chi connectivity index (χ2n) is 8.17. The van der Waals surface area contributed by atoms with Crippen LogP contribution in [0.15, 0.2) is 66.7 Å². The summed E-state index contributed by atoms with van der Waals surface area (Å²) in [5.74, 6) is -1.16. The highest BCUT2D eigenvalue weighted by Gasteiger charge is 2.37. The van der Waals surface area contributed by atoms with Crippen LogP contribution in [0.5, 0.6) is 0 Å². The maximum atomic E-state index is 13.4. The lowest BCUT2D eigenvalue weighted by molar-refractivity contribution is -0.137. The number of hydrogen-bond donors (Lipinski definition) is 2. The Morgan fingerprint density at radius 3 is 2.06 bits per heavy atom. The van der Waals surface area contributed by atoms with Crippen LogP contribution in [0.2, 0.25) is 0 Å². The molecule has 0 aliphatic heterocycles. The maximum Gasteiger partial charge on any atom is 0.416 e. The summed E-state index contributed by atoms with van der Waals surface area (Å²) < 4.78 is 51.7. The van der Waals surface area contributed by atoms with E-state index in [2.05, 4.69) is 5.32 Å². The van der Waals surface area contributed by atoms with Crippen molar-refractivity contribution in [3.63, 3.8) is 0 Å². The van der Waals surface area contributed by atoms with Crippen LogP contribution in [0.25, 0.3) is 0 Å². The molecule has 0 spiro atoms. The molecule has 0 unspecified atom stereocenters. The first-order valence-corrected chi connectivity index (χ1v) is 10.5. The molecule has 2 N–H and O–H groups in total. The lowest BCUT2D eigenvalue weighted by Gasteiger charge is -2.28. The highest BCUT2D eigenvalue weighted by molar-refractivity contribution is 5.97. The summed E-state index contributed by atoms with van der Waals surface area (Å²) >= 11 is 0. The van der Waals surface area contributed by atoms with Gasteiger partial charge in [0, 0.05) is 5.69 Å². The first kappa shape index (κ1) is 24.5. The maximum absolute atomic E-state index is 13.4. The Morgan fingerprint density at radius 1 is 0.879 bits per heavy atom. The van der Waals surface area contributed by atoms with Gasteiger partial charge in [-0.3, -0.25) is 4.79 Å².